The van der Waals surface area contributed by atoms with Crippen molar-refractivity contribution in [3.05, 3.63) is 65.1 Å². The fraction of sp³-hybridized carbons (Fsp3) is 0.0588. The Morgan fingerprint density at radius 3 is 2.69 bits per heavy atom. The molecule has 1 amide bonds. The maximum absolute atomic E-state index is 14.3. The molecule has 2 aromatic carbocycles. The van der Waals surface area contributed by atoms with Gasteiger partial charge in [-0.3, -0.25) is 4.79 Å². The van der Waals surface area contributed by atoms with Crippen molar-refractivity contribution in [2.75, 3.05) is 6.26 Å². The molecule has 1 N–H and O–H groups in total. The summed E-state index contributed by atoms with van der Waals surface area (Å²) in [4.78, 5) is 16.0. The van der Waals surface area contributed by atoms with E-state index in [1.165, 1.54) is 6.20 Å². The number of sulfonamides is 1. The number of carbonyl (C=O) groups is 1. The molecule has 0 aliphatic heterocycles. The molecule has 0 radical (unpaired) electrons. The third-order valence-corrected chi connectivity index (χ3v) is 4.24. The van der Waals surface area contributed by atoms with Crippen LogP contribution in [-0.2, 0) is 10.0 Å². The van der Waals surface area contributed by atoms with Crippen molar-refractivity contribution in [2.24, 2.45) is 0 Å². The largest absolute Gasteiger partial charge is 0.437 e. The molecular formula is C17H12ClFN2O4S. The molecule has 3 rings (SSSR count). The maximum Gasteiger partial charge on any atom is 0.267 e. The highest BCUT2D eigenvalue weighted by molar-refractivity contribution is 7.89. The van der Waals surface area contributed by atoms with Crippen LogP contribution in [0, 0.1) is 5.82 Å². The lowest BCUT2D eigenvalue weighted by Gasteiger charge is -2.11. The molecule has 0 unspecified atom stereocenters. The van der Waals surface area contributed by atoms with Gasteiger partial charge in [-0.2, -0.15) is 0 Å². The Bertz CT molecular complexity index is 1110. The molecule has 26 heavy (non-hydrogen) atoms. The highest BCUT2D eigenvalue weighted by atomic mass is 35.5. The quantitative estimate of drug-likeness (QED) is 0.731. The summed E-state index contributed by atoms with van der Waals surface area (Å²) in [5.41, 5.74) is -0.515. The van der Waals surface area contributed by atoms with Gasteiger partial charge in [-0.25, -0.2) is 22.5 Å². The van der Waals surface area contributed by atoms with Gasteiger partial charge in [-0.1, -0.05) is 29.8 Å². The predicted octanol–water partition coefficient (Wildman–Crippen LogP) is 3.51. The molecule has 134 valence electrons. The summed E-state index contributed by atoms with van der Waals surface area (Å²) in [7, 11) is -3.83. The number of benzene rings is 2. The number of fused-ring (bicyclic) bond motifs is 1. The van der Waals surface area contributed by atoms with Gasteiger partial charge in [-0.05, 0) is 23.6 Å². The molecule has 0 spiro atoms. The third-order valence-electron chi connectivity index (χ3n) is 3.39. The Kier molecular flexibility index (Phi) is 4.80. The van der Waals surface area contributed by atoms with Crippen molar-refractivity contribution >= 4 is 38.3 Å². The first-order valence-electron chi connectivity index (χ1n) is 7.27. The van der Waals surface area contributed by atoms with Crippen molar-refractivity contribution < 1.29 is 22.3 Å². The monoisotopic (exact) mass is 394 g/mol. The average Bonchev–Trinajstić information content (AvgIpc) is 2.56. The van der Waals surface area contributed by atoms with Gasteiger partial charge in [0.25, 0.3) is 5.91 Å². The second kappa shape index (κ2) is 6.89. The van der Waals surface area contributed by atoms with E-state index < -0.39 is 27.3 Å². The summed E-state index contributed by atoms with van der Waals surface area (Å²) >= 11 is 6.07. The van der Waals surface area contributed by atoms with E-state index in [0.29, 0.717) is 5.39 Å². The van der Waals surface area contributed by atoms with Crippen LogP contribution in [-0.4, -0.2) is 25.6 Å². The van der Waals surface area contributed by atoms with Crippen molar-refractivity contribution in [3.8, 4) is 11.6 Å². The Balaban J connectivity index is 1.97. The van der Waals surface area contributed by atoms with Gasteiger partial charge in [0.1, 0.15) is 5.82 Å². The molecule has 0 atom stereocenters. The summed E-state index contributed by atoms with van der Waals surface area (Å²) in [5.74, 6) is -1.94. The van der Waals surface area contributed by atoms with E-state index in [4.69, 9.17) is 16.3 Å². The molecule has 6 nitrogen and oxygen atoms in total. The van der Waals surface area contributed by atoms with Crippen LogP contribution < -0.4 is 9.46 Å². The summed E-state index contributed by atoms with van der Waals surface area (Å²) in [6, 6.07) is 11.0. The molecule has 0 aliphatic rings. The number of carbonyl (C=O) groups excluding carboxylic acids is 1. The molecule has 1 aromatic heterocycles. The Labute approximate surface area is 153 Å². The van der Waals surface area contributed by atoms with Crippen LogP contribution in [0.1, 0.15) is 10.4 Å². The van der Waals surface area contributed by atoms with Crippen LogP contribution in [0.15, 0.2) is 48.7 Å². The number of hydrogen-bond donors (Lipinski definition) is 1. The number of nitrogens with one attached hydrogen (secondary N) is 1. The van der Waals surface area contributed by atoms with Crippen LogP contribution in [0.4, 0.5) is 4.39 Å². The average molecular weight is 395 g/mol. The molecule has 3 aromatic rings. The second-order valence-electron chi connectivity index (χ2n) is 5.41. The fourth-order valence-electron chi connectivity index (χ4n) is 2.28. The SMILES string of the molecule is CS(=O)(=O)NC(=O)c1cc(Cl)c(Oc2nccc3ccccc23)cc1F. The minimum Gasteiger partial charge on any atom is -0.437 e. The molecular weight excluding hydrogens is 383 g/mol. The Morgan fingerprint density at radius 1 is 1.23 bits per heavy atom. The molecule has 0 bridgehead atoms. The minimum atomic E-state index is -3.83. The molecule has 1 heterocycles. The van der Waals surface area contributed by atoms with Gasteiger partial charge in [0.2, 0.25) is 15.9 Å². The van der Waals surface area contributed by atoms with Crippen molar-refractivity contribution in [1.29, 1.82) is 0 Å². The van der Waals surface area contributed by atoms with E-state index in [1.807, 2.05) is 12.1 Å². The van der Waals surface area contributed by atoms with E-state index >= 15 is 0 Å². The van der Waals surface area contributed by atoms with Crippen molar-refractivity contribution in [2.45, 2.75) is 0 Å². The maximum atomic E-state index is 14.3. The molecule has 9 heteroatoms. The highest BCUT2D eigenvalue weighted by Gasteiger charge is 2.19. The number of halogens is 2. The standard InChI is InChI=1S/C17H12ClFN2O4S/c1-26(23,24)21-16(22)12-8-13(18)15(9-14(12)19)25-17-11-5-3-2-4-10(11)6-7-20-17/h2-9H,1H3,(H,21,22). The van der Waals surface area contributed by atoms with E-state index in [0.717, 1.165) is 23.8 Å². The summed E-state index contributed by atoms with van der Waals surface area (Å²) in [5, 5.41) is 1.50. The zero-order chi connectivity index (χ0) is 18.9. The molecule has 0 saturated heterocycles. The molecule has 0 aliphatic carbocycles. The third kappa shape index (κ3) is 3.92. The van der Waals surface area contributed by atoms with Crippen molar-refractivity contribution in [1.82, 2.24) is 9.71 Å². The lowest BCUT2D eigenvalue weighted by atomic mass is 10.1. The number of amides is 1. The Hall–Kier alpha value is -2.71. The number of hydrogen-bond acceptors (Lipinski definition) is 5. The lowest BCUT2D eigenvalue weighted by molar-refractivity contribution is 0.0977. The minimum absolute atomic E-state index is 0.0519. The fourth-order valence-corrected chi connectivity index (χ4v) is 2.93. The first kappa shape index (κ1) is 18.1. The van der Waals surface area contributed by atoms with Gasteiger partial charge in [0.05, 0.1) is 16.8 Å². The number of nitrogens with zero attached hydrogens (tertiary/aromatic N) is 1. The smallest absolute Gasteiger partial charge is 0.267 e. The number of aromatic nitrogens is 1. The summed E-state index contributed by atoms with van der Waals surface area (Å²) in [6.45, 7) is 0. The summed E-state index contributed by atoms with van der Waals surface area (Å²) in [6.07, 6.45) is 2.32. The topological polar surface area (TPSA) is 85.4 Å². The van der Waals surface area contributed by atoms with Gasteiger partial charge < -0.3 is 4.74 Å². The first-order chi connectivity index (χ1) is 12.2. The molecule has 0 fully saturated rings. The van der Waals surface area contributed by atoms with Crippen molar-refractivity contribution in [3.63, 3.8) is 0 Å². The zero-order valence-electron chi connectivity index (χ0n) is 13.4. The van der Waals surface area contributed by atoms with Crippen LogP contribution >= 0.6 is 11.6 Å². The van der Waals surface area contributed by atoms with E-state index in [9.17, 15) is 17.6 Å². The van der Waals surface area contributed by atoms with Gasteiger partial charge in [0, 0.05) is 17.6 Å². The number of pyridine rings is 1. The van der Waals surface area contributed by atoms with Crippen LogP contribution in [0.5, 0.6) is 11.6 Å². The van der Waals surface area contributed by atoms with Crippen LogP contribution in [0.2, 0.25) is 5.02 Å². The first-order valence-corrected chi connectivity index (χ1v) is 9.54. The van der Waals surface area contributed by atoms with Gasteiger partial charge in [0.15, 0.2) is 5.75 Å². The lowest BCUT2D eigenvalue weighted by Crippen LogP contribution is -2.30. The normalized spacial score (nSPS) is 11.3. The van der Waals surface area contributed by atoms with Gasteiger partial charge >= 0.3 is 0 Å². The van der Waals surface area contributed by atoms with E-state index in [2.05, 4.69) is 4.98 Å². The zero-order valence-corrected chi connectivity index (χ0v) is 14.9. The number of ether oxygens (including phenoxy) is 1. The molecule has 0 saturated carbocycles. The van der Waals surface area contributed by atoms with Gasteiger partial charge in [-0.15, -0.1) is 0 Å². The highest BCUT2D eigenvalue weighted by Crippen LogP contribution is 2.34. The van der Waals surface area contributed by atoms with Crippen LogP contribution in [0.3, 0.4) is 0 Å². The summed E-state index contributed by atoms with van der Waals surface area (Å²) < 4.78 is 43.8. The Morgan fingerprint density at radius 2 is 1.96 bits per heavy atom. The number of rotatable bonds is 4. The van der Waals surface area contributed by atoms with E-state index in [1.54, 1.807) is 22.9 Å². The predicted molar refractivity (Wildman–Crippen MR) is 95.5 cm³/mol. The second-order valence-corrected chi connectivity index (χ2v) is 7.56. The van der Waals surface area contributed by atoms with Crippen LogP contribution in [0.25, 0.3) is 10.8 Å². The van der Waals surface area contributed by atoms with E-state index in [-0.39, 0.29) is 16.7 Å².